The third kappa shape index (κ3) is 3.97. The Bertz CT molecular complexity index is 875. The van der Waals surface area contributed by atoms with Gasteiger partial charge in [-0.15, -0.1) is 0 Å². The minimum atomic E-state index is -1.17. The van der Waals surface area contributed by atoms with Gasteiger partial charge in [0, 0.05) is 33.7 Å². The Balaban J connectivity index is 1.66. The first kappa shape index (κ1) is 16.1. The van der Waals surface area contributed by atoms with E-state index in [1.165, 1.54) is 0 Å². The number of nitrogens with two attached hydrogens (primary N) is 1. The smallest absolute Gasteiger partial charge is 0.248 e. The van der Waals surface area contributed by atoms with Crippen molar-refractivity contribution in [1.29, 1.82) is 0 Å². The molecule has 0 unspecified atom stereocenters. The van der Waals surface area contributed by atoms with Gasteiger partial charge in [-0.3, -0.25) is 9.00 Å². The number of hydrogen-bond acceptors (Lipinski definition) is 4. The summed E-state index contributed by atoms with van der Waals surface area (Å²) in [6, 6.07) is 18.3. The average Bonchev–Trinajstić information content (AvgIpc) is 3.04. The van der Waals surface area contributed by atoms with Gasteiger partial charge in [-0.25, -0.2) is 0 Å². The highest BCUT2D eigenvalue weighted by molar-refractivity contribution is 7.83. The first-order valence-corrected chi connectivity index (χ1v) is 8.85. The molecule has 2 aromatic carbocycles. The molecule has 0 aliphatic carbocycles. The predicted molar refractivity (Wildman–Crippen MR) is 92.4 cm³/mol. The van der Waals surface area contributed by atoms with E-state index in [2.05, 4.69) is 5.16 Å². The molecule has 0 saturated heterocycles. The van der Waals surface area contributed by atoms with Crippen LogP contribution >= 0.6 is 0 Å². The van der Waals surface area contributed by atoms with Gasteiger partial charge in [0.05, 0.1) is 5.75 Å². The minimum absolute atomic E-state index is 0.265. The lowest BCUT2D eigenvalue weighted by molar-refractivity contribution is 0.1000. The molecule has 3 rings (SSSR count). The van der Waals surface area contributed by atoms with Gasteiger partial charge in [-0.05, 0) is 17.7 Å². The van der Waals surface area contributed by atoms with E-state index in [-0.39, 0.29) is 5.75 Å². The zero-order valence-electron chi connectivity index (χ0n) is 12.8. The fourth-order valence-corrected chi connectivity index (χ4v) is 3.44. The lowest BCUT2D eigenvalue weighted by Crippen LogP contribution is -2.11. The molecule has 6 heteroatoms. The first-order chi connectivity index (χ1) is 11.6. The lowest BCUT2D eigenvalue weighted by atomic mass is 10.1. The summed E-state index contributed by atoms with van der Waals surface area (Å²) in [5, 5.41) is 4.01. The normalized spacial score (nSPS) is 12.0. The van der Waals surface area contributed by atoms with Crippen molar-refractivity contribution in [1.82, 2.24) is 5.16 Å². The van der Waals surface area contributed by atoms with Crippen LogP contribution in [0.1, 0.15) is 21.7 Å². The summed E-state index contributed by atoms with van der Waals surface area (Å²) in [5.41, 5.74) is 8.14. The van der Waals surface area contributed by atoms with E-state index < -0.39 is 16.7 Å². The second kappa shape index (κ2) is 7.23. The van der Waals surface area contributed by atoms with Crippen LogP contribution < -0.4 is 5.73 Å². The maximum atomic E-state index is 12.3. The number of rotatable bonds is 6. The number of hydrogen-bond donors (Lipinski definition) is 1. The molecule has 5 nitrogen and oxygen atoms in total. The van der Waals surface area contributed by atoms with E-state index in [4.69, 9.17) is 10.3 Å². The fraction of sp³-hybridized carbons (Fsp3) is 0.111. The minimum Gasteiger partial charge on any atom is -0.366 e. The van der Waals surface area contributed by atoms with Crippen molar-refractivity contribution in [2.24, 2.45) is 5.73 Å². The quantitative estimate of drug-likeness (QED) is 0.747. The molecule has 122 valence electrons. The predicted octanol–water partition coefficient (Wildman–Crippen LogP) is 2.89. The molecule has 1 amide bonds. The molecular weight excluding hydrogens is 324 g/mol. The highest BCUT2D eigenvalue weighted by Crippen LogP contribution is 2.20. The van der Waals surface area contributed by atoms with Crippen LogP contribution in [0.4, 0.5) is 0 Å². The Morgan fingerprint density at radius 2 is 1.83 bits per heavy atom. The van der Waals surface area contributed by atoms with Gasteiger partial charge < -0.3 is 10.3 Å². The molecule has 2 N–H and O–H groups in total. The average molecular weight is 340 g/mol. The molecule has 1 aromatic heterocycles. The van der Waals surface area contributed by atoms with Gasteiger partial charge in [0.15, 0.2) is 0 Å². The number of aromatic nitrogens is 1. The lowest BCUT2D eigenvalue weighted by Gasteiger charge is -2.02. The van der Waals surface area contributed by atoms with E-state index in [9.17, 15) is 9.00 Å². The van der Waals surface area contributed by atoms with Crippen LogP contribution in [0.25, 0.3) is 11.3 Å². The first-order valence-electron chi connectivity index (χ1n) is 7.36. The van der Waals surface area contributed by atoms with Crippen LogP contribution in [0.3, 0.4) is 0 Å². The molecule has 3 aromatic rings. The molecule has 0 radical (unpaired) electrons. The molecule has 0 aliphatic heterocycles. The fourth-order valence-electron chi connectivity index (χ4n) is 2.34. The van der Waals surface area contributed by atoms with Gasteiger partial charge in [-0.2, -0.15) is 0 Å². The van der Waals surface area contributed by atoms with Crippen LogP contribution in [-0.2, 0) is 22.3 Å². The van der Waals surface area contributed by atoms with Crippen LogP contribution in [0, 0.1) is 0 Å². The van der Waals surface area contributed by atoms with Crippen molar-refractivity contribution in [2.45, 2.75) is 11.5 Å². The number of nitrogens with zero attached hydrogens (tertiary/aromatic N) is 1. The second-order valence-corrected chi connectivity index (χ2v) is 6.79. The molecule has 1 atom stereocenters. The zero-order chi connectivity index (χ0) is 16.9. The number of amides is 1. The summed E-state index contributed by atoms with van der Waals surface area (Å²) in [7, 11) is -1.17. The van der Waals surface area contributed by atoms with Crippen LogP contribution in [-0.4, -0.2) is 15.3 Å². The van der Waals surface area contributed by atoms with E-state index in [0.29, 0.717) is 17.1 Å². The van der Waals surface area contributed by atoms with Gasteiger partial charge >= 0.3 is 0 Å². The van der Waals surface area contributed by atoms with Gasteiger partial charge in [-0.1, -0.05) is 47.6 Å². The number of carbonyl (C=O) groups excluding carboxylic acids is 1. The van der Waals surface area contributed by atoms with Crippen molar-refractivity contribution in [3.63, 3.8) is 0 Å². The van der Waals surface area contributed by atoms with Gasteiger partial charge in [0.1, 0.15) is 11.5 Å². The molecule has 24 heavy (non-hydrogen) atoms. The summed E-state index contributed by atoms with van der Waals surface area (Å²) < 4.78 is 17.6. The third-order valence-corrected chi connectivity index (χ3v) is 4.73. The van der Waals surface area contributed by atoms with Crippen molar-refractivity contribution in [3.05, 3.63) is 77.6 Å². The molecule has 0 spiro atoms. The monoisotopic (exact) mass is 340 g/mol. The Labute approximate surface area is 141 Å². The highest BCUT2D eigenvalue weighted by Gasteiger charge is 2.11. The summed E-state index contributed by atoms with van der Waals surface area (Å²) in [6.07, 6.45) is 0. The maximum Gasteiger partial charge on any atom is 0.248 e. The Kier molecular flexibility index (Phi) is 4.86. The highest BCUT2D eigenvalue weighted by atomic mass is 32.2. The molecule has 0 aliphatic rings. The summed E-state index contributed by atoms with van der Waals surface area (Å²) in [5.74, 6) is 0.659. The Morgan fingerprint density at radius 1 is 1.04 bits per heavy atom. The van der Waals surface area contributed by atoms with E-state index in [1.54, 1.807) is 24.3 Å². The Morgan fingerprint density at radius 3 is 2.58 bits per heavy atom. The van der Waals surface area contributed by atoms with Crippen molar-refractivity contribution in [2.75, 3.05) is 0 Å². The van der Waals surface area contributed by atoms with Gasteiger partial charge in [0.25, 0.3) is 0 Å². The van der Waals surface area contributed by atoms with E-state index in [0.717, 1.165) is 16.8 Å². The molecule has 0 saturated carbocycles. The van der Waals surface area contributed by atoms with Crippen molar-refractivity contribution in [3.8, 4) is 11.3 Å². The van der Waals surface area contributed by atoms with Gasteiger partial charge in [0.2, 0.25) is 5.91 Å². The second-order valence-electron chi connectivity index (χ2n) is 5.34. The summed E-state index contributed by atoms with van der Waals surface area (Å²) in [6.45, 7) is 0. The summed E-state index contributed by atoms with van der Waals surface area (Å²) >= 11 is 0. The van der Waals surface area contributed by atoms with Crippen molar-refractivity contribution < 1.29 is 13.5 Å². The third-order valence-electron chi connectivity index (χ3n) is 3.47. The molecule has 0 bridgehead atoms. The van der Waals surface area contributed by atoms with Crippen molar-refractivity contribution >= 4 is 16.7 Å². The molecule has 1 heterocycles. The molecule has 0 fully saturated rings. The SMILES string of the molecule is NC(=O)c1cccc(C[S@](=O)Cc2cc(-c3ccccc3)no2)c1. The number of benzene rings is 2. The number of primary amides is 1. The largest absolute Gasteiger partial charge is 0.366 e. The molecular formula is C18H16N2O3S. The Hall–Kier alpha value is -2.73. The van der Waals surface area contributed by atoms with E-state index in [1.807, 2.05) is 36.4 Å². The maximum absolute atomic E-state index is 12.3. The van der Waals surface area contributed by atoms with Crippen LogP contribution in [0.5, 0.6) is 0 Å². The number of carbonyl (C=O) groups is 1. The van der Waals surface area contributed by atoms with Crippen LogP contribution in [0.2, 0.25) is 0 Å². The van der Waals surface area contributed by atoms with E-state index >= 15 is 0 Å². The zero-order valence-corrected chi connectivity index (χ0v) is 13.7. The topological polar surface area (TPSA) is 86.2 Å². The van der Waals surface area contributed by atoms with Crippen LogP contribution in [0.15, 0.2) is 65.2 Å². The standard InChI is InChI=1S/C18H16N2O3S/c19-18(21)15-8-4-5-13(9-15)11-24(22)12-16-10-17(20-23-16)14-6-2-1-3-7-14/h1-10H,11-12H2,(H2,19,21)/t24-/m0/s1. The summed E-state index contributed by atoms with van der Waals surface area (Å²) in [4.78, 5) is 11.2.